The minimum atomic E-state index is -0.164. The molecule has 1 amide bonds. The first-order valence-electron chi connectivity index (χ1n) is 5.84. The van der Waals surface area contributed by atoms with Crippen molar-refractivity contribution in [3.8, 4) is 0 Å². The molecular weight excluding hydrogens is 198 g/mol. The van der Waals surface area contributed by atoms with Gasteiger partial charge in [-0.1, -0.05) is 38.1 Å². The van der Waals surface area contributed by atoms with E-state index < -0.39 is 0 Å². The number of carbonyl (C=O) groups excluding carboxylic acids is 1. The number of amides is 1. The summed E-state index contributed by atoms with van der Waals surface area (Å²) in [5.41, 5.74) is 2.36. The molecule has 0 radical (unpaired) electrons. The van der Waals surface area contributed by atoms with E-state index in [2.05, 4.69) is 19.1 Å². The third-order valence-electron chi connectivity index (χ3n) is 3.50. The van der Waals surface area contributed by atoms with Gasteiger partial charge in [0.1, 0.15) is 0 Å². The highest BCUT2D eigenvalue weighted by Crippen LogP contribution is 2.31. The van der Waals surface area contributed by atoms with Crippen LogP contribution in [0.5, 0.6) is 0 Å². The molecule has 0 spiro atoms. The quantitative estimate of drug-likeness (QED) is 0.746. The van der Waals surface area contributed by atoms with Crippen LogP contribution in [0.15, 0.2) is 24.3 Å². The van der Waals surface area contributed by atoms with Crippen LogP contribution >= 0.6 is 0 Å². The van der Waals surface area contributed by atoms with Crippen molar-refractivity contribution >= 4 is 5.91 Å². The van der Waals surface area contributed by atoms with Crippen molar-refractivity contribution in [1.29, 1.82) is 0 Å². The van der Waals surface area contributed by atoms with E-state index in [0.29, 0.717) is 0 Å². The zero-order valence-corrected chi connectivity index (χ0v) is 10.3. The van der Waals surface area contributed by atoms with E-state index in [1.54, 1.807) is 0 Å². The van der Waals surface area contributed by atoms with Crippen LogP contribution in [0.1, 0.15) is 31.4 Å². The monoisotopic (exact) mass is 217 g/mol. The van der Waals surface area contributed by atoms with Gasteiger partial charge in [-0.2, -0.15) is 0 Å². The maximum absolute atomic E-state index is 12.1. The molecule has 0 aliphatic carbocycles. The van der Waals surface area contributed by atoms with Gasteiger partial charge < -0.3 is 4.90 Å². The van der Waals surface area contributed by atoms with Crippen LogP contribution in [-0.4, -0.2) is 17.4 Å². The molecule has 0 saturated carbocycles. The molecule has 1 saturated heterocycles. The Balaban J connectivity index is 2.13. The predicted octanol–water partition coefficient (Wildman–Crippen LogP) is 2.75. The summed E-state index contributed by atoms with van der Waals surface area (Å²) in [6, 6.07) is 8.28. The number of aryl methyl sites for hydroxylation is 1. The molecule has 0 atom stereocenters. The van der Waals surface area contributed by atoms with Gasteiger partial charge in [-0.05, 0) is 24.5 Å². The summed E-state index contributed by atoms with van der Waals surface area (Å²) >= 11 is 0. The summed E-state index contributed by atoms with van der Waals surface area (Å²) in [4.78, 5) is 14.0. The van der Waals surface area contributed by atoms with Gasteiger partial charge >= 0.3 is 0 Å². The van der Waals surface area contributed by atoms with Crippen molar-refractivity contribution < 1.29 is 4.79 Å². The van der Waals surface area contributed by atoms with Gasteiger partial charge in [-0.3, -0.25) is 4.79 Å². The van der Waals surface area contributed by atoms with E-state index in [1.165, 1.54) is 11.1 Å². The first-order chi connectivity index (χ1) is 7.50. The van der Waals surface area contributed by atoms with Crippen LogP contribution in [0.25, 0.3) is 0 Å². The second kappa shape index (κ2) is 3.93. The van der Waals surface area contributed by atoms with Gasteiger partial charge in [0.25, 0.3) is 0 Å². The van der Waals surface area contributed by atoms with Gasteiger partial charge in [0.05, 0.1) is 0 Å². The van der Waals surface area contributed by atoms with E-state index in [9.17, 15) is 4.79 Å². The summed E-state index contributed by atoms with van der Waals surface area (Å²) in [6.07, 6.45) is 0.970. The molecule has 1 aliphatic heterocycles. The van der Waals surface area contributed by atoms with Gasteiger partial charge in [0.2, 0.25) is 5.91 Å². The lowest BCUT2D eigenvalue weighted by atomic mass is 9.92. The smallest absolute Gasteiger partial charge is 0.228 e. The normalized spacial score (nSPS) is 19.2. The van der Waals surface area contributed by atoms with Crippen LogP contribution in [0, 0.1) is 12.3 Å². The average Bonchev–Trinajstić information content (AvgIpc) is 2.49. The standard InChI is InChI=1S/C14H19NO/c1-11-6-4-5-7-12(11)10-15-9-8-14(2,3)13(15)16/h4-7H,8-10H2,1-3H3. The lowest BCUT2D eigenvalue weighted by molar-refractivity contribution is -0.135. The van der Waals surface area contributed by atoms with E-state index >= 15 is 0 Å². The summed E-state index contributed by atoms with van der Waals surface area (Å²) in [5.74, 6) is 0.288. The minimum absolute atomic E-state index is 0.164. The van der Waals surface area contributed by atoms with Gasteiger partial charge in [-0.15, -0.1) is 0 Å². The van der Waals surface area contributed by atoms with Crippen molar-refractivity contribution in [2.45, 2.75) is 33.7 Å². The maximum Gasteiger partial charge on any atom is 0.228 e. The fourth-order valence-electron chi connectivity index (χ4n) is 2.19. The largest absolute Gasteiger partial charge is 0.338 e. The minimum Gasteiger partial charge on any atom is -0.338 e. The second-order valence-corrected chi connectivity index (χ2v) is 5.29. The fourth-order valence-corrected chi connectivity index (χ4v) is 2.19. The lowest BCUT2D eigenvalue weighted by Crippen LogP contribution is -2.30. The zero-order chi connectivity index (χ0) is 11.8. The molecule has 1 heterocycles. The number of rotatable bonds is 2. The molecule has 0 aromatic heterocycles. The highest BCUT2D eigenvalue weighted by Gasteiger charge is 2.38. The van der Waals surface area contributed by atoms with Crippen molar-refractivity contribution in [3.05, 3.63) is 35.4 Å². The molecule has 2 rings (SSSR count). The summed E-state index contributed by atoms with van der Waals surface area (Å²) in [6.45, 7) is 7.82. The third-order valence-corrected chi connectivity index (χ3v) is 3.50. The van der Waals surface area contributed by atoms with Crippen molar-refractivity contribution in [1.82, 2.24) is 4.90 Å². The molecule has 2 heteroatoms. The van der Waals surface area contributed by atoms with Crippen LogP contribution in [0.3, 0.4) is 0 Å². The number of likely N-dealkylation sites (tertiary alicyclic amines) is 1. The fraction of sp³-hybridized carbons (Fsp3) is 0.500. The number of hydrogen-bond acceptors (Lipinski definition) is 1. The van der Waals surface area contributed by atoms with Crippen LogP contribution < -0.4 is 0 Å². The van der Waals surface area contributed by atoms with Gasteiger partial charge in [0, 0.05) is 18.5 Å². The predicted molar refractivity (Wildman–Crippen MR) is 65.0 cm³/mol. The molecular formula is C14H19NO. The van der Waals surface area contributed by atoms with Crippen LogP contribution in [0.2, 0.25) is 0 Å². The number of nitrogens with zero attached hydrogens (tertiary/aromatic N) is 1. The van der Waals surface area contributed by atoms with E-state index in [1.807, 2.05) is 30.9 Å². The van der Waals surface area contributed by atoms with E-state index in [4.69, 9.17) is 0 Å². The van der Waals surface area contributed by atoms with Gasteiger partial charge in [-0.25, -0.2) is 0 Å². The second-order valence-electron chi connectivity index (χ2n) is 5.29. The van der Waals surface area contributed by atoms with Crippen molar-refractivity contribution in [2.24, 2.45) is 5.41 Å². The molecule has 0 bridgehead atoms. The number of carbonyl (C=O) groups is 1. The maximum atomic E-state index is 12.1. The van der Waals surface area contributed by atoms with Crippen molar-refractivity contribution in [2.75, 3.05) is 6.54 Å². The summed E-state index contributed by atoms with van der Waals surface area (Å²) in [5, 5.41) is 0. The topological polar surface area (TPSA) is 20.3 Å². The Kier molecular flexibility index (Phi) is 2.75. The Morgan fingerprint density at radius 1 is 1.31 bits per heavy atom. The Hall–Kier alpha value is -1.31. The number of benzene rings is 1. The van der Waals surface area contributed by atoms with Crippen molar-refractivity contribution in [3.63, 3.8) is 0 Å². The average molecular weight is 217 g/mol. The van der Waals surface area contributed by atoms with Crippen LogP contribution in [0.4, 0.5) is 0 Å². The number of hydrogen-bond donors (Lipinski definition) is 0. The molecule has 16 heavy (non-hydrogen) atoms. The highest BCUT2D eigenvalue weighted by molar-refractivity contribution is 5.84. The third kappa shape index (κ3) is 1.97. The SMILES string of the molecule is Cc1ccccc1CN1CCC(C)(C)C1=O. The Morgan fingerprint density at radius 3 is 2.56 bits per heavy atom. The van der Waals surface area contributed by atoms with E-state index in [0.717, 1.165) is 19.5 Å². The molecule has 2 nitrogen and oxygen atoms in total. The molecule has 86 valence electrons. The molecule has 1 aliphatic rings. The molecule has 0 unspecified atom stereocenters. The summed E-state index contributed by atoms with van der Waals surface area (Å²) < 4.78 is 0. The summed E-state index contributed by atoms with van der Waals surface area (Å²) in [7, 11) is 0. The molecule has 1 aromatic carbocycles. The highest BCUT2D eigenvalue weighted by atomic mass is 16.2. The molecule has 0 N–H and O–H groups in total. The first kappa shape index (κ1) is 11.2. The zero-order valence-electron chi connectivity index (χ0n) is 10.3. The van der Waals surface area contributed by atoms with E-state index in [-0.39, 0.29) is 11.3 Å². The van der Waals surface area contributed by atoms with Gasteiger partial charge in [0.15, 0.2) is 0 Å². The molecule has 1 aromatic rings. The van der Waals surface area contributed by atoms with Crippen LogP contribution in [-0.2, 0) is 11.3 Å². The lowest BCUT2D eigenvalue weighted by Gasteiger charge is -2.20. The Bertz CT molecular complexity index is 409. The molecule has 1 fully saturated rings. The Labute approximate surface area is 97.3 Å². The first-order valence-corrected chi connectivity index (χ1v) is 5.84. The Morgan fingerprint density at radius 2 is 2.00 bits per heavy atom.